The van der Waals surface area contributed by atoms with Gasteiger partial charge >= 0.3 is 5.97 Å². The van der Waals surface area contributed by atoms with Crippen LogP contribution in [0.4, 0.5) is 0 Å². The summed E-state index contributed by atoms with van der Waals surface area (Å²) in [6.07, 6.45) is 2.58. The Morgan fingerprint density at radius 2 is 1.86 bits per heavy atom. The lowest BCUT2D eigenvalue weighted by atomic mass is 10.1. The van der Waals surface area contributed by atoms with Crippen LogP contribution in [-0.2, 0) is 22.5 Å². The lowest BCUT2D eigenvalue weighted by molar-refractivity contribution is -0.140. The Bertz CT molecular complexity index is 1360. The molecule has 4 N–H and O–H groups in total. The van der Waals surface area contributed by atoms with E-state index in [1.54, 1.807) is 30.5 Å². The molecule has 0 aliphatic carbocycles. The van der Waals surface area contributed by atoms with Crippen LogP contribution in [0.25, 0.3) is 22.4 Å². The number of amides is 1. The molecule has 2 aromatic carbocycles. The summed E-state index contributed by atoms with van der Waals surface area (Å²) in [6.45, 7) is 0.831. The van der Waals surface area contributed by atoms with E-state index in [1.165, 1.54) is 7.11 Å². The second-order valence-corrected chi connectivity index (χ2v) is 7.93. The number of benzene rings is 2. The molecule has 9 nitrogen and oxygen atoms in total. The van der Waals surface area contributed by atoms with Gasteiger partial charge in [0.2, 0.25) is 0 Å². The van der Waals surface area contributed by atoms with Crippen molar-refractivity contribution in [2.45, 2.75) is 19.4 Å². The van der Waals surface area contributed by atoms with Gasteiger partial charge in [-0.15, -0.1) is 0 Å². The molecule has 0 saturated carbocycles. The number of ether oxygens (including phenoxy) is 1. The second kappa shape index (κ2) is 10.6. The highest BCUT2D eigenvalue weighted by Gasteiger charge is 2.16. The second-order valence-electron chi connectivity index (χ2n) is 7.93. The van der Waals surface area contributed by atoms with Crippen molar-refractivity contribution in [1.29, 1.82) is 5.41 Å². The van der Waals surface area contributed by atoms with Gasteiger partial charge in [0, 0.05) is 48.1 Å². The molecule has 178 valence electrons. The molecule has 0 unspecified atom stereocenters. The summed E-state index contributed by atoms with van der Waals surface area (Å²) >= 11 is 0. The molecule has 4 rings (SSSR count). The molecule has 0 fully saturated rings. The first-order valence-electron chi connectivity index (χ1n) is 11.2. The van der Waals surface area contributed by atoms with Crippen molar-refractivity contribution in [1.82, 2.24) is 19.9 Å². The molecule has 0 aliphatic rings. The van der Waals surface area contributed by atoms with Gasteiger partial charge in [0.1, 0.15) is 11.7 Å². The number of aryl methyl sites for hydroxylation is 2. The van der Waals surface area contributed by atoms with Gasteiger partial charge in [0.25, 0.3) is 5.91 Å². The Morgan fingerprint density at radius 3 is 2.54 bits per heavy atom. The number of hydrogen-bond acceptors (Lipinski definition) is 6. The molecule has 35 heavy (non-hydrogen) atoms. The van der Waals surface area contributed by atoms with E-state index in [-0.39, 0.29) is 30.7 Å². The number of aromatic nitrogens is 3. The molecule has 0 bridgehead atoms. The molecule has 1 amide bonds. The van der Waals surface area contributed by atoms with Gasteiger partial charge in [-0.3, -0.25) is 20.0 Å². The maximum atomic E-state index is 12.6. The van der Waals surface area contributed by atoms with E-state index in [4.69, 9.17) is 16.1 Å². The summed E-state index contributed by atoms with van der Waals surface area (Å²) in [5.41, 5.74) is 10.1. The summed E-state index contributed by atoms with van der Waals surface area (Å²) in [4.78, 5) is 33.1. The minimum Gasteiger partial charge on any atom is -0.469 e. The lowest BCUT2D eigenvalue weighted by Gasteiger charge is -2.10. The van der Waals surface area contributed by atoms with E-state index in [1.807, 2.05) is 36.4 Å². The lowest BCUT2D eigenvalue weighted by Crippen LogP contribution is -2.26. The molecule has 9 heteroatoms. The van der Waals surface area contributed by atoms with Crippen LogP contribution in [0, 0.1) is 5.41 Å². The van der Waals surface area contributed by atoms with Crippen LogP contribution < -0.4 is 11.1 Å². The fourth-order valence-corrected chi connectivity index (χ4v) is 3.77. The summed E-state index contributed by atoms with van der Waals surface area (Å²) in [7, 11) is 1.31. The zero-order chi connectivity index (χ0) is 24.8. The normalized spacial score (nSPS) is 10.8. The number of methoxy groups -OCH3 is 1. The number of hydrogen-bond donors (Lipinski definition) is 3. The first-order chi connectivity index (χ1) is 17.0. The molecule has 2 aromatic heterocycles. The number of nitrogen functional groups attached to an aromatic ring is 1. The molecule has 0 atom stereocenters. The average Bonchev–Trinajstić information content (AvgIpc) is 3.25. The van der Waals surface area contributed by atoms with Crippen molar-refractivity contribution < 1.29 is 14.3 Å². The van der Waals surface area contributed by atoms with Crippen LogP contribution >= 0.6 is 0 Å². The number of amidine groups is 1. The quantitative estimate of drug-likeness (QED) is 0.195. The third-order valence-electron chi connectivity index (χ3n) is 5.62. The van der Waals surface area contributed by atoms with E-state index < -0.39 is 0 Å². The van der Waals surface area contributed by atoms with Crippen molar-refractivity contribution in [2.24, 2.45) is 5.73 Å². The number of pyridine rings is 1. The number of fused-ring (bicyclic) bond motifs is 1. The van der Waals surface area contributed by atoms with Crippen molar-refractivity contribution in [3.8, 4) is 11.4 Å². The molecule has 4 aromatic rings. The molecule has 0 radical (unpaired) electrons. The van der Waals surface area contributed by atoms with Crippen LogP contribution in [0.5, 0.6) is 0 Å². The summed E-state index contributed by atoms with van der Waals surface area (Å²) in [5.74, 6) is 0.0800. The first kappa shape index (κ1) is 23.6. The van der Waals surface area contributed by atoms with Crippen LogP contribution in [0.1, 0.15) is 28.0 Å². The summed E-state index contributed by atoms with van der Waals surface area (Å²) < 4.78 is 6.71. The Kier molecular flexibility index (Phi) is 7.15. The Balaban J connectivity index is 1.66. The average molecular weight is 471 g/mol. The number of imidazole rings is 1. The van der Waals surface area contributed by atoms with Gasteiger partial charge in [0.15, 0.2) is 0 Å². The molecular formula is C26H26N6O3. The standard InChI is InChI=1S/C26H26N6O3/c1-35-23(33)11-14-30-26(34)19-9-10-22-21(16-19)31-25(18-7-5-17(6-8-18)24(27)28)32(22)15-12-20-4-2-3-13-29-20/h2-10,13,16H,11-12,14-15H2,1H3,(H3,27,28)(H,30,34). The largest absolute Gasteiger partial charge is 0.469 e. The van der Waals surface area contributed by atoms with Gasteiger partial charge in [-0.05, 0) is 30.3 Å². The molecular weight excluding hydrogens is 444 g/mol. The highest BCUT2D eigenvalue weighted by molar-refractivity contribution is 5.98. The zero-order valence-electron chi connectivity index (χ0n) is 19.3. The Hall–Kier alpha value is -4.53. The van der Waals surface area contributed by atoms with Crippen molar-refractivity contribution >= 4 is 28.7 Å². The molecule has 0 spiro atoms. The maximum Gasteiger partial charge on any atom is 0.307 e. The first-order valence-corrected chi connectivity index (χ1v) is 11.2. The topological polar surface area (TPSA) is 136 Å². The van der Waals surface area contributed by atoms with Gasteiger partial charge < -0.3 is 20.4 Å². The minimum atomic E-state index is -0.382. The van der Waals surface area contributed by atoms with Gasteiger partial charge in [-0.25, -0.2) is 4.98 Å². The number of nitrogens with zero attached hydrogens (tertiary/aromatic N) is 3. The SMILES string of the molecule is COC(=O)CCNC(=O)c1ccc2c(c1)nc(-c1ccc(C(=N)N)cc1)n2CCc1ccccn1. The number of nitrogens with two attached hydrogens (primary N) is 1. The van der Waals surface area contributed by atoms with E-state index in [9.17, 15) is 9.59 Å². The third kappa shape index (κ3) is 5.52. The zero-order valence-corrected chi connectivity index (χ0v) is 19.3. The van der Waals surface area contributed by atoms with Gasteiger partial charge in [-0.1, -0.05) is 30.3 Å². The van der Waals surface area contributed by atoms with Crippen LogP contribution in [0.3, 0.4) is 0 Å². The predicted molar refractivity (Wildman–Crippen MR) is 133 cm³/mol. The van der Waals surface area contributed by atoms with Crippen molar-refractivity contribution in [2.75, 3.05) is 13.7 Å². The minimum absolute atomic E-state index is 0.00283. The van der Waals surface area contributed by atoms with Crippen LogP contribution in [0.2, 0.25) is 0 Å². The Labute approximate surface area is 202 Å². The molecule has 0 saturated heterocycles. The Morgan fingerprint density at radius 1 is 1.09 bits per heavy atom. The predicted octanol–water partition coefficient (Wildman–Crippen LogP) is 2.92. The van der Waals surface area contributed by atoms with Gasteiger partial charge in [0.05, 0.1) is 24.6 Å². The smallest absolute Gasteiger partial charge is 0.307 e. The highest BCUT2D eigenvalue weighted by Crippen LogP contribution is 2.26. The van der Waals surface area contributed by atoms with Crippen molar-refractivity contribution in [3.63, 3.8) is 0 Å². The van der Waals surface area contributed by atoms with E-state index in [0.29, 0.717) is 29.6 Å². The number of carbonyl (C=O) groups excluding carboxylic acids is 2. The third-order valence-corrected chi connectivity index (χ3v) is 5.62. The fraction of sp³-hybridized carbons (Fsp3) is 0.192. The van der Waals surface area contributed by atoms with E-state index in [0.717, 1.165) is 22.6 Å². The monoisotopic (exact) mass is 470 g/mol. The number of rotatable bonds is 9. The molecule has 0 aliphatic heterocycles. The maximum absolute atomic E-state index is 12.6. The van der Waals surface area contributed by atoms with Crippen LogP contribution in [0.15, 0.2) is 66.9 Å². The summed E-state index contributed by atoms with van der Waals surface area (Å²) in [5, 5.41) is 10.4. The van der Waals surface area contributed by atoms with E-state index >= 15 is 0 Å². The number of esters is 1. The van der Waals surface area contributed by atoms with Gasteiger partial charge in [-0.2, -0.15) is 0 Å². The van der Waals surface area contributed by atoms with Crippen LogP contribution in [-0.4, -0.2) is 45.9 Å². The fourth-order valence-electron chi connectivity index (χ4n) is 3.77. The van der Waals surface area contributed by atoms with E-state index in [2.05, 4.69) is 19.6 Å². The van der Waals surface area contributed by atoms with Crippen molar-refractivity contribution in [3.05, 3.63) is 83.7 Å². The summed E-state index contributed by atoms with van der Waals surface area (Å²) in [6, 6.07) is 18.5. The number of nitrogens with one attached hydrogen (secondary N) is 2. The molecule has 2 heterocycles. The highest BCUT2D eigenvalue weighted by atomic mass is 16.5. The number of carbonyl (C=O) groups is 2.